The van der Waals surface area contributed by atoms with Gasteiger partial charge in [0.2, 0.25) is 5.91 Å². The number of hydrogen-bond acceptors (Lipinski definition) is 3. The van der Waals surface area contributed by atoms with E-state index in [1.165, 1.54) is 0 Å². The molecule has 0 saturated heterocycles. The summed E-state index contributed by atoms with van der Waals surface area (Å²) < 4.78 is 6.31. The predicted octanol–water partition coefficient (Wildman–Crippen LogP) is 4.72. The van der Waals surface area contributed by atoms with Gasteiger partial charge >= 0.3 is 0 Å². The Labute approximate surface area is 164 Å². The first-order valence-electron chi connectivity index (χ1n) is 9.42. The van der Waals surface area contributed by atoms with Crippen molar-refractivity contribution < 1.29 is 9.22 Å². The number of nitrogens with one attached hydrogen (secondary N) is 1. The average Bonchev–Trinajstić information content (AvgIpc) is 2.61. The van der Waals surface area contributed by atoms with Crippen LogP contribution in [0.25, 0.3) is 0 Å². The van der Waals surface area contributed by atoms with E-state index >= 15 is 0 Å². The lowest BCUT2D eigenvalue weighted by atomic mass is 10.1. The van der Waals surface area contributed by atoms with Crippen molar-refractivity contribution in [3.05, 3.63) is 65.7 Å². The Balaban J connectivity index is 2.03. The molecule has 0 aromatic heterocycles. The van der Waals surface area contributed by atoms with Gasteiger partial charge in [0.05, 0.1) is 12.6 Å². The molecule has 0 bridgehead atoms. The van der Waals surface area contributed by atoms with E-state index < -0.39 is 14.4 Å². The van der Waals surface area contributed by atoms with Gasteiger partial charge in [-0.25, -0.2) is 0 Å². The zero-order chi connectivity index (χ0) is 20.1. The second-order valence-corrected chi connectivity index (χ2v) is 13.3. The molecular weight excluding hydrogens is 352 g/mol. The summed E-state index contributed by atoms with van der Waals surface area (Å²) in [6.45, 7) is 11.6. The van der Waals surface area contributed by atoms with E-state index in [2.05, 4.69) is 39.2 Å². The van der Waals surface area contributed by atoms with Crippen molar-refractivity contribution in [3.63, 3.8) is 0 Å². The number of benzene rings is 2. The molecule has 27 heavy (non-hydrogen) atoms. The lowest BCUT2D eigenvalue weighted by Crippen LogP contribution is -2.40. The summed E-state index contributed by atoms with van der Waals surface area (Å²) in [5.74, 6) is -0.182. The maximum Gasteiger partial charge on any atom is 0.241 e. The molecule has 2 rings (SSSR count). The van der Waals surface area contributed by atoms with Crippen LogP contribution in [0.4, 0.5) is 5.69 Å². The van der Waals surface area contributed by atoms with E-state index in [4.69, 9.17) is 10.2 Å². The molecule has 0 aliphatic heterocycles. The monoisotopic (exact) mass is 384 g/mol. The largest absolute Gasteiger partial charge is 0.412 e. The Morgan fingerprint density at radius 2 is 1.67 bits per heavy atom. The third kappa shape index (κ3) is 6.02. The molecule has 1 amide bonds. The van der Waals surface area contributed by atoms with Crippen LogP contribution in [0.3, 0.4) is 0 Å². The summed E-state index contributed by atoms with van der Waals surface area (Å²) in [7, 11) is -1.86. The van der Waals surface area contributed by atoms with E-state index in [1.807, 2.05) is 54.6 Å². The van der Waals surface area contributed by atoms with Gasteiger partial charge in [-0.3, -0.25) is 4.79 Å². The lowest BCUT2D eigenvalue weighted by Gasteiger charge is -2.36. The van der Waals surface area contributed by atoms with Crippen molar-refractivity contribution in [2.45, 2.75) is 58.0 Å². The molecular formula is C22H32N2O2Si. The molecule has 1 atom stereocenters. The SMILES string of the molecule is CC(C)(C)[Si](C)(C)OCc1ccccc1NC(=O)[C@H](N)Cc1ccccc1. The molecule has 3 N–H and O–H groups in total. The molecule has 0 radical (unpaired) electrons. The highest BCUT2D eigenvalue weighted by atomic mass is 28.4. The Morgan fingerprint density at radius 1 is 1.07 bits per heavy atom. The van der Waals surface area contributed by atoms with Crippen LogP contribution >= 0.6 is 0 Å². The molecule has 0 unspecified atom stereocenters. The van der Waals surface area contributed by atoms with Gasteiger partial charge in [0.1, 0.15) is 0 Å². The molecule has 4 nitrogen and oxygen atoms in total. The first-order chi connectivity index (χ1) is 12.6. The van der Waals surface area contributed by atoms with Crippen LogP contribution < -0.4 is 11.1 Å². The molecule has 146 valence electrons. The fourth-order valence-electron chi connectivity index (χ4n) is 2.43. The fourth-order valence-corrected chi connectivity index (χ4v) is 3.38. The van der Waals surface area contributed by atoms with E-state index in [1.54, 1.807) is 0 Å². The molecule has 0 aliphatic rings. The summed E-state index contributed by atoms with van der Waals surface area (Å²) >= 11 is 0. The molecule has 5 heteroatoms. The van der Waals surface area contributed by atoms with Gasteiger partial charge in [0.25, 0.3) is 0 Å². The van der Waals surface area contributed by atoms with Gasteiger partial charge in [-0.05, 0) is 41.7 Å². The highest BCUT2D eigenvalue weighted by Crippen LogP contribution is 2.37. The summed E-state index contributed by atoms with van der Waals surface area (Å²) in [5, 5.41) is 3.12. The molecule has 0 aliphatic carbocycles. The van der Waals surface area contributed by atoms with Crippen LogP contribution in [0.2, 0.25) is 18.1 Å². The third-order valence-electron chi connectivity index (χ3n) is 5.31. The zero-order valence-electron chi connectivity index (χ0n) is 17.1. The van der Waals surface area contributed by atoms with Crippen LogP contribution in [0.15, 0.2) is 54.6 Å². The number of hydrogen-bond donors (Lipinski definition) is 2. The van der Waals surface area contributed by atoms with Gasteiger partial charge < -0.3 is 15.5 Å². The number of carbonyl (C=O) groups is 1. The minimum atomic E-state index is -1.86. The second kappa shape index (κ2) is 8.82. The average molecular weight is 385 g/mol. The number of anilines is 1. The maximum absolute atomic E-state index is 12.6. The number of carbonyl (C=O) groups excluding carboxylic acids is 1. The van der Waals surface area contributed by atoms with E-state index in [0.717, 1.165) is 16.8 Å². The third-order valence-corrected chi connectivity index (χ3v) is 9.78. The van der Waals surface area contributed by atoms with Crippen LogP contribution in [0.5, 0.6) is 0 Å². The normalized spacial score (nSPS) is 13.3. The highest BCUT2D eigenvalue weighted by Gasteiger charge is 2.37. The number of para-hydroxylation sites is 1. The predicted molar refractivity (Wildman–Crippen MR) is 115 cm³/mol. The lowest BCUT2D eigenvalue weighted by molar-refractivity contribution is -0.117. The Hall–Kier alpha value is -1.95. The second-order valence-electron chi connectivity index (χ2n) is 8.49. The molecule has 2 aromatic carbocycles. The smallest absolute Gasteiger partial charge is 0.241 e. The zero-order valence-corrected chi connectivity index (χ0v) is 18.1. The molecule has 0 fully saturated rings. The van der Waals surface area contributed by atoms with Gasteiger partial charge in [-0.1, -0.05) is 69.3 Å². The standard InChI is InChI=1S/C22H32N2O2Si/c1-22(2,3)27(4,5)26-16-18-13-9-10-14-20(18)24-21(25)19(23)15-17-11-7-6-8-12-17/h6-14,19H,15-16,23H2,1-5H3,(H,24,25)/t19-/m1/s1. The number of amides is 1. The minimum absolute atomic E-state index is 0.142. The highest BCUT2D eigenvalue weighted by molar-refractivity contribution is 6.74. The molecule has 0 saturated carbocycles. The first-order valence-corrected chi connectivity index (χ1v) is 12.3. The summed E-state index contributed by atoms with van der Waals surface area (Å²) in [6.07, 6.45) is 0.509. The van der Waals surface area contributed by atoms with Crippen molar-refractivity contribution in [3.8, 4) is 0 Å². The van der Waals surface area contributed by atoms with Crippen molar-refractivity contribution in [2.24, 2.45) is 5.73 Å². The summed E-state index contributed by atoms with van der Waals surface area (Å²) in [4.78, 5) is 12.6. The first kappa shape index (κ1) is 21.3. The van der Waals surface area contributed by atoms with Crippen molar-refractivity contribution in [2.75, 3.05) is 5.32 Å². The molecule has 2 aromatic rings. The summed E-state index contributed by atoms with van der Waals surface area (Å²) in [5.41, 5.74) is 8.90. The fraction of sp³-hybridized carbons (Fsp3) is 0.409. The quantitative estimate of drug-likeness (QED) is 0.679. The van der Waals surface area contributed by atoms with Crippen LogP contribution in [-0.4, -0.2) is 20.3 Å². The van der Waals surface area contributed by atoms with E-state index in [9.17, 15) is 4.79 Å². The van der Waals surface area contributed by atoms with Crippen molar-refractivity contribution in [1.29, 1.82) is 0 Å². The summed E-state index contributed by atoms with van der Waals surface area (Å²) in [6, 6.07) is 17.0. The topological polar surface area (TPSA) is 64.3 Å². The number of rotatable bonds is 7. The minimum Gasteiger partial charge on any atom is -0.412 e. The van der Waals surface area contributed by atoms with E-state index in [-0.39, 0.29) is 10.9 Å². The molecule has 0 spiro atoms. The van der Waals surface area contributed by atoms with Crippen molar-refractivity contribution >= 4 is 19.9 Å². The number of nitrogens with two attached hydrogens (primary N) is 1. The van der Waals surface area contributed by atoms with Crippen molar-refractivity contribution in [1.82, 2.24) is 0 Å². The molecule has 0 heterocycles. The Bertz CT molecular complexity index is 754. The Kier molecular flexibility index (Phi) is 6.98. The van der Waals surface area contributed by atoms with Crippen LogP contribution in [0.1, 0.15) is 31.9 Å². The van der Waals surface area contributed by atoms with Gasteiger partial charge in [0, 0.05) is 5.69 Å². The van der Waals surface area contributed by atoms with E-state index in [0.29, 0.717) is 13.0 Å². The van der Waals surface area contributed by atoms with Crippen LogP contribution in [-0.2, 0) is 22.2 Å². The van der Waals surface area contributed by atoms with Gasteiger partial charge in [-0.2, -0.15) is 0 Å². The van der Waals surface area contributed by atoms with Gasteiger partial charge in [-0.15, -0.1) is 0 Å². The van der Waals surface area contributed by atoms with Gasteiger partial charge in [0.15, 0.2) is 8.32 Å². The Morgan fingerprint density at radius 3 is 2.30 bits per heavy atom. The maximum atomic E-state index is 12.6. The van der Waals surface area contributed by atoms with Crippen LogP contribution in [0, 0.1) is 0 Å².